The van der Waals surface area contributed by atoms with Gasteiger partial charge in [0, 0.05) is 45.4 Å². The van der Waals surface area contributed by atoms with Gasteiger partial charge < -0.3 is 9.64 Å². The quantitative estimate of drug-likeness (QED) is 0.839. The minimum atomic E-state index is 0.0796. The first-order valence-electron chi connectivity index (χ1n) is 8.88. The van der Waals surface area contributed by atoms with Gasteiger partial charge in [0.15, 0.2) is 0 Å². The van der Waals surface area contributed by atoms with Gasteiger partial charge in [0.25, 0.3) is 5.91 Å². The maximum absolute atomic E-state index is 13.0. The summed E-state index contributed by atoms with van der Waals surface area (Å²) in [5, 5.41) is 7.69. The number of carbonyl (C=O) groups is 1. The summed E-state index contributed by atoms with van der Waals surface area (Å²) in [5.74, 6) is 0.0796. The molecular weight excluding hydrogens is 318 g/mol. The number of aromatic nitrogens is 3. The van der Waals surface area contributed by atoms with E-state index < -0.39 is 0 Å². The van der Waals surface area contributed by atoms with Crippen molar-refractivity contribution in [3.8, 4) is 5.69 Å². The molecule has 2 aliphatic heterocycles. The monoisotopic (exact) mass is 341 g/mol. The topological polar surface area (TPSA) is 63.5 Å². The van der Waals surface area contributed by atoms with Gasteiger partial charge in [-0.1, -0.05) is 12.1 Å². The average Bonchev–Trinajstić information content (AvgIpc) is 3.23. The van der Waals surface area contributed by atoms with Crippen molar-refractivity contribution in [2.45, 2.75) is 18.9 Å². The number of carbonyl (C=O) groups excluding carboxylic acids is 1. The van der Waals surface area contributed by atoms with E-state index in [1.54, 1.807) is 17.2 Å². The van der Waals surface area contributed by atoms with Crippen LogP contribution in [0.2, 0.25) is 0 Å². The van der Waals surface area contributed by atoms with Gasteiger partial charge in [-0.2, -0.15) is 0 Å². The molecular formula is C18H23N5O2. The highest BCUT2D eigenvalue weighted by Gasteiger charge is 2.28. The standard InChI is InChI=1S/C18H23N5O2/c24-18(16-3-1-2-4-17(16)23-13-19-20-14-23)22-9-7-21(8-10-22)15-5-11-25-12-6-15/h1-4,13-15H,5-12H2. The van der Waals surface area contributed by atoms with E-state index in [0.717, 1.165) is 57.9 Å². The van der Waals surface area contributed by atoms with Gasteiger partial charge in [-0.15, -0.1) is 10.2 Å². The Morgan fingerprint density at radius 2 is 1.68 bits per heavy atom. The number of para-hydroxylation sites is 1. The lowest BCUT2D eigenvalue weighted by Crippen LogP contribution is -2.53. The zero-order valence-electron chi connectivity index (χ0n) is 14.3. The Bertz CT molecular complexity index is 704. The first-order chi connectivity index (χ1) is 12.3. The second-order valence-electron chi connectivity index (χ2n) is 6.56. The maximum atomic E-state index is 13.0. The molecule has 0 atom stereocenters. The molecule has 0 saturated carbocycles. The van der Waals surface area contributed by atoms with E-state index in [4.69, 9.17) is 4.74 Å². The predicted molar refractivity (Wildman–Crippen MR) is 92.7 cm³/mol. The molecule has 2 aromatic rings. The summed E-state index contributed by atoms with van der Waals surface area (Å²) in [6.45, 7) is 5.13. The largest absolute Gasteiger partial charge is 0.381 e. The van der Waals surface area contributed by atoms with Crippen molar-refractivity contribution in [1.29, 1.82) is 0 Å². The van der Waals surface area contributed by atoms with Crippen LogP contribution in [0.15, 0.2) is 36.9 Å². The molecule has 25 heavy (non-hydrogen) atoms. The Kier molecular flexibility index (Phi) is 4.76. The smallest absolute Gasteiger partial charge is 0.256 e. The molecule has 0 spiro atoms. The van der Waals surface area contributed by atoms with Crippen molar-refractivity contribution in [1.82, 2.24) is 24.6 Å². The van der Waals surface area contributed by atoms with E-state index in [1.807, 2.05) is 29.2 Å². The fourth-order valence-corrected chi connectivity index (χ4v) is 3.72. The highest BCUT2D eigenvalue weighted by Crippen LogP contribution is 2.20. The van der Waals surface area contributed by atoms with E-state index in [2.05, 4.69) is 15.1 Å². The predicted octanol–water partition coefficient (Wildman–Crippen LogP) is 1.20. The number of benzene rings is 1. The fraction of sp³-hybridized carbons (Fsp3) is 0.500. The Hall–Kier alpha value is -2.25. The molecule has 1 amide bonds. The fourth-order valence-electron chi connectivity index (χ4n) is 3.72. The molecule has 7 nitrogen and oxygen atoms in total. The van der Waals surface area contributed by atoms with E-state index in [9.17, 15) is 4.79 Å². The minimum Gasteiger partial charge on any atom is -0.381 e. The van der Waals surface area contributed by atoms with Gasteiger partial charge in [0.05, 0.1) is 11.3 Å². The van der Waals surface area contributed by atoms with Gasteiger partial charge >= 0.3 is 0 Å². The first-order valence-corrected chi connectivity index (χ1v) is 8.88. The second-order valence-corrected chi connectivity index (χ2v) is 6.56. The van der Waals surface area contributed by atoms with E-state index in [-0.39, 0.29) is 5.91 Å². The number of piperazine rings is 1. The Morgan fingerprint density at radius 3 is 2.40 bits per heavy atom. The lowest BCUT2D eigenvalue weighted by atomic mass is 10.1. The number of nitrogens with zero attached hydrogens (tertiary/aromatic N) is 5. The van der Waals surface area contributed by atoms with Gasteiger partial charge in [0.1, 0.15) is 12.7 Å². The zero-order chi connectivity index (χ0) is 17.1. The molecule has 2 aliphatic rings. The van der Waals surface area contributed by atoms with Crippen molar-refractivity contribution < 1.29 is 9.53 Å². The summed E-state index contributed by atoms with van der Waals surface area (Å²) in [4.78, 5) is 17.5. The number of rotatable bonds is 3. The van der Waals surface area contributed by atoms with Crippen LogP contribution in [-0.2, 0) is 4.74 Å². The van der Waals surface area contributed by atoms with Crippen LogP contribution in [0.25, 0.3) is 5.69 Å². The SMILES string of the molecule is O=C(c1ccccc1-n1cnnc1)N1CCN(C2CCOCC2)CC1. The molecule has 0 radical (unpaired) electrons. The van der Waals surface area contributed by atoms with E-state index >= 15 is 0 Å². The molecule has 2 saturated heterocycles. The number of hydrogen-bond donors (Lipinski definition) is 0. The average molecular weight is 341 g/mol. The molecule has 132 valence electrons. The normalized spacial score (nSPS) is 19.9. The Labute approximate surface area is 147 Å². The van der Waals surface area contributed by atoms with Crippen molar-refractivity contribution in [3.63, 3.8) is 0 Å². The minimum absolute atomic E-state index is 0.0796. The molecule has 0 bridgehead atoms. The van der Waals surface area contributed by atoms with E-state index in [0.29, 0.717) is 11.6 Å². The summed E-state index contributed by atoms with van der Waals surface area (Å²) in [6, 6.07) is 8.24. The summed E-state index contributed by atoms with van der Waals surface area (Å²) >= 11 is 0. The third-order valence-corrected chi connectivity index (χ3v) is 5.14. The van der Waals surface area contributed by atoms with Crippen LogP contribution < -0.4 is 0 Å². The van der Waals surface area contributed by atoms with Gasteiger partial charge in [-0.25, -0.2) is 0 Å². The number of ether oxygens (including phenoxy) is 1. The molecule has 1 aromatic heterocycles. The zero-order valence-corrected chi connectivity index (χ0v) is 14.3. The lowest BCUT2D eigenvalue weighted by molar-refractivity contribution is 0.0137. The molecule has 1 aromatic carbocycles. The molecule has 0 unspecified atom stereocenters. The molecule has 0 N–H and O–H groups in total. The first kappa shape index (κ1) is 16.2. The van der Waals surface area contributed by atoms with Gasteiger partial charge in [0.2, 0.25) is 0 Å². The third-order valence-electron chi connectivity index (χ3n) is 5.14. The maximum Gasteiger partial charge on any atom is 0.256 e. The Balaban J connectivity index is 1.44. The highest BCUT2D eigenvalue weighted by molar-refractivity contribution is 5.97. The third kappa shape index (κ3) is 3.43. The van der Waals surface area contributed by atoms with Crippen molar-refractivity contribution in [2.24, 2.45) is 0 Å². The molecule has 0 aliphatic carbocycles. The summed E-state index contributed by atoms with van der Waals surface area (Å²) in [7, 11) is 0. The van der Waals surface area contributed by atoms with Crippen LogP contribution in [0.3, 0.4) is 0 Å². The van der Waals surface area contributed by atoms with Crippen LogP contribution in [0.4, 0.5) is 0 Å². The summed E-state index contributed by atoms with van der Waals surface area (Å²) < 4.78 is 7.24. The van der Waals surface area contributed by atoms with Crippen LogP contribution in [0.1, 0.15) is 23.2 Å². The summed E-state index contributed by atoms with van der Waals surface area (Å²) in [5.41, 5.74) is 1.52. The number of hydrogen-bond acceptors (Lipinski definition) is 5. The second kappa shape index (κ2) is 7.33. The molecule has 7 heteroatoms. The molecule has 2 fully saturated rings. The van der Waals surface area contributed by atoms with Crippen LogP contribution in [0.5, 0.6) is 0 Å². The summed E-state index contributed by atoms with van der Waals surface area (Å²) in [6.07, 6.45) is 5.44. The van der Waals surface area contributed by atoms with E-state index in [1.165, 1.54) is 0 Å². The number of amides is 1. The van der Waals surface area contributed by atoms with Crippen LogP contribution in [-0.4, -0.2) is 75.9 Å². The van der Waals surface area contributed by atoms with Gasteiger partial charge in [-0.3, -0.25) is 14.3 Å². The van der Waals surface area contributed by atoms with Crippen molar-refractivity contribution in [3.05, 3.63) is 42.5 Å². The lowest BCUT2D eigenvalue weighted by Gasteiger charge is -2.40. The highest BCUT2D eigenvalue weighted by atomic mass is 16.5. The molecule has 3 heterocycles. The van der Waals surface area contributed by atoms with Crippen molar-refractivity contribution in [2.75, 3.05) is 39.4 Å². The van der Waals surface area contributed by atoms with Crippen molar-refractivity contribution >= 4 is 5.91 Å². The van der Waals surface area contributed by atoms with Crippen LogP contribution >= 0.6 is 0 Å². The Morgan fingerprint density at radius 1 is 1.00 bits per heavy atom. The van der Waals surface area contributed by atoms with Gasteiger partial charge in [-0.05, 0) is 25.0 Å². The molecule has 4 rings (SSSR count). The van der Waals surface area contributed by atoms with Crippen LogP contribution in [0, 0.1) is 0 Å².